The first-order valence-electron chi connectivity index (χ1n) is 10.4. The van der Waals surface area contributed by atoms with Gasteiger partial charge in [-0.25, -0.2) is 0 Å². The lowest BCUT2D eigenvalue weighted by molar-refractivity contribution is 1.49. The third-order valence-corrected chi connectivity index (χ3v) is 5.73. The van der Waals surface area contributed by atoms with Gasteiger partial charge in [-0.15, -0.1) is 0 Å². The van der Waals surface area contributed by atoms with Crippen LogP contribution in [0, 0.1) is 13.8 Å². The smallest absolute Gasteiger partial charge is 0.00963 e. The summed E-state index contributed by atoms with van der Waals surface area (Å²) in [4.78, 5) is 0. The van der Waals surface area contributed by atoms with Gasteiger partial charge in [0.25, 0.3) is 0 Å². The van der Waals surface area contributed by atoms with Gasteiger partial charge in [0.15, 0.2) is 0 Å². The minimum Gasteiger partial charge on any atom is -0.0622 e. The van der Waals surface area contributed by atoms with Gasteiger partial charge in [0.1, 0.15) is 0 Å². The van der Waals surface area contributed by atoms with Crippen LogP contribution in [0.4, 0.5) is 0 Å². The molecule has 0 aliphatic rings. The summed E-state index contributed by atoms with van der Waals surface area (Å²) >= 11 is 0. The molecule has 30 heavy (non-hydrogen) atoms. The molecule has 0 N–H and O–H groups in total. The fourth-order valence-corrected chi connectivity index (χ4v) is 4.20. The minimum absolute atomic E-state index is 1.21. The highest BCUT2D eigenvalue weighted by Crippen LogP contribution is 2.36. The van der Waals surface area contributed by atoms with Crippen LogP contribution in [0.3, 0.4) is 0 Å². The zero-order valence-corrected chi connectivity index (χ0v) is 17.4. The largest absolute Gasteiger partial charge is 0.0622 e. The summed E-state index contributed by atoms with van der Waals surface area (Å²) in [5.41, 5.74) is 7.55. The molecule has 5 aromatic rings. The molecule has 0 unspecified atom stereocenters. The molecule has 0 spiro atoms. The van der Waals surface area contributed by atoms with Gasteiger partial charge in [-0.3, -0.25) is 0 Å². The number of hydrogen-bond donors (Lipinski definition) is 0. The maximum Gasteiger partial charge on any atom is -0.00963 e. The molecule has 0 atom stereocenters. The van der Waals surface area contributed by atoms with Crippen LogP contribution in [-0.4, -0.2) is 0 Å². The summed E-state index contributed by atoms with van der Waals surface area (Å²) in [6.07, 6.45) is 4.36. The molecule has 0 fully saturated rings. The summed E-state index contributed by atoms with van der Waals surface area (Å²) in [5, 5.41) is 5.25. The first-order chi connectivity index (χ1) is 14.7. The molecule has 5 aromatic carbocycles. The summed E-state index contributed by atoms with van der Waals surface area (Å²) in [6.45, 7) is 4.33. The van der Waals surface area contributed by atoms with E-state index in [9.17, 15) is 0 Å². The second-order valence-electron chi connectivity index (χ2n) is 8.07. The Bertz CT molecular complexity index is 1390. The molecule has 0 saturated carbocycles. The minimum atomic E-state index is 1.21. The fourth-order valence-electron chi connectivity index (χ4n) is 4.20. The molecule has 0 aromatic heterocycles. The van der Waals surface area contributed by atoms with Crippen LogP contribution < -0.4 is 0 Å². The van der Waals surface area contributed by atoms with Crippen molar-refractivity contribution < 1.29 is 0 Å². The summed E-state index contributed by atoms with van der Waals surface area (Å²) < 4.78 is 0. The van der Waals surface area contributed by atoms with E-state index in [1.807, 2.05) is 6.07 Å². The Morgan fingerprint density at radius 3 is 2.03 bits per heavy atom. The number of fused-ring (bicyclic) bond motifs is 3. The van der Waals surface area contributed by atoms with E-state index in [-0.39, 0.29) is 0 Å². The average Bonchev–Trinajstić information content (AvgIpc) is 2.78. The number of benzene rings is 5. The zero-order chi connectivity index (χ0) is 20.5. The van der Waals surface area contributed by atoms with Crippen molar-refractivity contribution in [2.24, 2.45) is 0 Å². The Balaban J connectivity index is 1.68. The lowest BCUT2D eigenvalue weighted by Crippen LogP contribution is -1.87. The van der Waals surface area contributed by atoms with Crippen LogP contribution in [0.25, 0.3) is 44.8 Å². The van der Waals surface area contributed by atoms with Crippen LogP contribution in [0.1, 0.15) is 22.3 Å². The van der Waals surface area contributed by atoms with Crippen LogP contribution in [0.5, 0.6) is 0 Å². The van der Waals surface area contributed by atoms with E-state index in [1.165, 1.54) is 54.9 Å². The van der Waals surface area contributed by atoms with Gasteiger partial charge in [-0.2, -0.15) is 0 Å². The zero-order valence-electron chi connectivity index (χ0n) is 17.4. The standard InChI is InChI=1S/C30H24/c1-21-11-15-27-26(17-21)20-29(30-18-22(2)12-16-28(27)30)25-10-6-9-24(19-25)14-13-23-7-4-3-5-8-23/h3-20H,1-2H3/b14-13+. The summed E-state index contributed by atoms with van der Waals surface area (Å²) in [6, 6.07) is 35.2. The quantitative estimate of drug-likeness (QED) is 0.216. The lowest BCUT2D eigenvalue weighted by Gasteiger charge is -2.13. The van der Waals surface area contributed by atoms with E-state index >= 15 is 0 Å². The normalized spacial score (nSPS) is 11.5. The molecule has 0 heterocycles. The molecule has 0 aliphatic heterocycles. The highest BCUT2D eigenvalue weighted by Gasteiger charge is 2.09. The molecule has 0 aliphatic carbocycles. The van der Waals surface area contributed by atoms with E-state index in [0.29, 0.717) is 0 Å². The van der Waals surface area contributed by atoms with Crippen molar-refractivity contribution >= 4 is 33.7 Å². The fraction of sp³-hybridized carbons (Fsp3) is 0.0667. The number of hydrogen-bond acceptors (Lipinski definition) is 0. The van der Waals surface area contributed by atoms with Gasteiger partial charge in [0.05, 0.1) is 0 Å². The van der Waals surface area contributed by atoms with Gasteiger partial charge < -0.3 is 0 Å². The Morgan fingerprint density at radius 1 is 0.500 bits per heavy atom. The van der Waals surface area contributed by atoms with Crippen molar-refractivity contribution in [3.05, 3.63) is 119 Å². The van der Waals surface area contributed by atoms with Gasteiger partial charge >= 0.3 is 0 Å². The van der Waals surface area contributed by atoms with Crippen molar-refractivity contribution in [2.45, 2.75) is 13.8 Å². The van der Waals surface area contributed by atoms with Gasteiger partial charge in [0, 0.05) is 0 Å². The molecular weight excluding hydrogens is 360 g/mol. The SMILES string of the molecule is Cc1ccc2c(c1)cc(-c1cccc(/C=C/c3ccccc3)c1)c1cc(C)ccc12. The van der Waals surface area contributed by atoms with Crippen LogP contribution in [-0.2, 0) is 0 Å². The predicted octanol–water partition coefficient (Wildman–Crippen LogP) is 8.45. The maximum absolute atomic E-state index is 2.35. The lowest BCUT2D eigenvalue weighted by atomic mass is 9.91. The first-order valence-corrected chi connectivity index (χ1v) is 10.4. The van der Waals surface area contributed by atoms with E-state index in [4.69, 9.17) is 0 Å². The maximum atomic E-state index is 2.35. The molecule has 0 radical (unpaired) electrons. The van der Waals surface area contributed by atoms with Gasteiger partial charge in [-0.05, 0) is 69.8 Å². The molecule has 0 bridgehead atoms. The van der Waals surface area contributed by atoms with Crippen LogP contribution >= 0.6 is 0 Å². The molecular formula is C30H24. The number of aryl methyl sites for hydroxylation is 2. The third kappa shape index (κ3) is 3.53. The summed E-state index contributed by atoms with van der Waals surface area (Å²) in [7, 11) is 0. The third-order valence-electron chi connectivity index (χ3n) is 5.73. The highest BCUT2D eigenvalue weighted by molar-refractivity contribution is 6.14. The Labute approximate surface area is 178 Å². The van der Waals surface area contributed by atoms with Crippen molar-refractivity contribution in [1.29, 1.82) is 0 Å². The molecule has 0 amide bonds. The van der Waals surface area contributed by atoms with Crippen molar-refractivity contribution in [3.8, 4) is 11.1 Å². The monoisotopic (exact) mass is 384 g/mol. The van der Waals surface area contributed by atoms with Crippen LogP contribution in [0.2, 0.25) is 0 Å². The molecule has 5 rings (SSSR count). The highest BCUT2D eigenvalue weighted by atomic mass is 14.1. The van der Waals surface area contributed by atoms with Crippen molar-refractivity contribution in [2.75, 3.05) is 0 Å². The topological polar surface area (TPSA) is 0 Å². The molecule has 0 nitrogen and oxygen atoms in total. The van der Waals surface area contributed by atoms with E-state index < -0.39 is 0 Å². The average molecular weight is 385 g/mol. The summed E-state index contributed by atoms with van der Waals surface area (Å²) in [5.74, 6) is 0. The van der Waals surface area contributed by atoms with Gasteiger partial charge in [-0.1, -0.05) is 108 Å². The number of rotatable bonds is 3. The van der Waals surface area contributed by atoms with Crippen molar-refractivity contribution in [3.63, 3.8) is 0 Å². The Hall–Kier alpha value is -3.64. The van der Waals surface area contributed by atoms with E-state index in [0.717, 1.165) is 0 Å². The first kappa shape index (κ1) is 18.4. The Morgan fingerprint density at radius 2 is 1.20 bits per heavy atom. The Kier molecular flexibility index (Phi) is 4.69. The van der Waals surface area contributed by atoms with E-state index in [1.54, 1.807) is 0 Å². The van der Waals surface area contributed by atoms with E-state index in [2.05, 4.69) is 117 Å². The predicted molar refractivity (Wildman–Crippen MR) is 132 cm³/mol. The van der Waals surface area contributed by atoms with Crippen molar-refractivity contribution in [1.82, 2.24) is 0 Å². The second kappa shape index (κ2) is 7.65. The van der Waals surface area contributed by atoms with Crippen LogP contribution in [0.15, 0.2) is 97.1 Å². The molecule has 0 heteroatoms. The molecule has 0 saturated heterocycles. The van der Waals surface area contributed by atoms with Gasteiger partial charge in [0.2, 0.25) is 0 Å². The molecule has 144 valence electrons. The second-order valence-corrected chi connectivity index (χ2v) is 8.07.